The number of halogens is 5. The van der Waals surface area contributed by atoms with Gasteiger partial charge in [-0.15, -0.1) is 0 Å². The third-order valence-electron chi connectivity index (χ3n) is 4.59. The van der Waals surface area contributed by atoms with E-state index in [4.69, 9.17) is 16.3 Å². The molecule has 1 amide bonds. The first-order chi connectivity index (χ1) is 16.1. The van der Waals surface area contributed by atoms with Crippen LogP contribution in [0.25, 0.3) is 11.3 Å². The van der Waals surface area contributed by atoms with Gasteiger partial charge in [-0.1, -0.05) is 11.6 Å². The van der Waals surface area contributed by atoms with Gasteiger partial charge in [-0.05, 0) is 30.3 Å². The van der Waals surface area contributed by atoms with Gasteiger partial charge in [0.25, 0.3) is 5.91 Å². The molecule has 12 heteroatoms. The first-order valence-electron chi connectivity index (χ1n) is 9.57. The minimum Gasteiger partial charge on any atom is -0.439 e. The Morgan fingerprint density at radius 1 is 1.12 bits per heavy atom. The zero-order valence-electron chi connectivity index (χ0n) is 17.3. The van der Waals surface area contributed by atoms with E-state index in [1.54, 1.807) is 30.2 Å². The molecule has 7 nitrogen and oxygen atoms in total. The summed E-state index contributed by atoms with van der Waals surface area (Å²) in [4.78, 5) is 20.6. The highest BCUT2D eigenvalue weighted by Gasteiger charge is 2.33. The Labute approximate surface area is 195 Å². The summed E-state index contributed by atoms with van der Waals surface area (Å²) in [5.74, 6) is -1.51. The van der Waals surface area contributed by atoms with Crippen molar-refractivity contribution >= 4 is 23.2 Å². The van der Waals surface area contributed by atoms with E-state index in [0.717, 1.165) is 23.8 Å². The monoisotopic (exact) mass is 491 g/mol. The van der Waals surface area contributed by atoms with Crippen LogP contribution in [-0.4, -0.2) is 25.7 Å². The normalized spacial score (nSPS) is 11.4. The number of rotatable bonds is 5. The van der Waals surface area contributed by atoms with E-state index in [2.05, 4.69) is 20.4 Å². The molecule has 2 aromatic heterocycles. The highest BCUT2D eigenvalue weighted by atomic mass is 35.5. The molecule has 174 valence electrons. The molecule has 0 unspecified atom stereocenters. The van der Waals surface area contributed by atoms with Crippen LogP contribution in [0.2, 0.25) is 5.02 Å². The van der Waals surface area contributed by atoms with Gasteiger partial charge in [0.15, 0.2) is 0 Å². The zero-order chi connectivity index (χ0) is 24.5. The first-order valence-corrected chi connectivity index (χ1v) is 9.94. The number of aromatic nitrogens is 4. The highest BCUT2D eigenvalue weighted by molar-refractivity contribution is 6.31. The Bertz CT molecular complexity index is 1370. The van der Waals surface area contributed by atoms with Crippen LogP contribution in [0.1, 0.15) is 15.9 Å². The van der Waals surface area contributed by atoms with Gasteiger partial charge in [0, 0.05) is 36.5 Å². The standard InChI is InChI=1S/C22H14ClF4N5O2/c1-32-10-13(9-30-32)18-8-20(29-11-28-18)34-14-3-5-17(24)19(7-14)31-21(33)12-2-4-16(23)15(6-12)22(25,26)27/h2-11H,1H3,(H,31,33). The van der Waals surface area contributed by atoms with Crippen molar-refractivity contribution < 1.29 is 27.1 Å². The summed E-state index contributed by atoms with van der Waals surface area (Å²) in [6.07, 6.45) is -0.113. The molecule has 4 aromatic rings. The van der Waals surface area contributed by atoms with E-state index in [1.165, 1.54) is 18.5 Å². The minimum atomic E-state index is -4.75. The Balaban J connectivity index is 1.55. The number of nitrogens with one attached hydrogen (secondary N) is 1. The summed E-state index contributed by atoms with van der Waals surface area (Å²) in [5, 5.41) is 5.76. The number of anilines is 1. The van der Waals surface area contributed by atoms with Crippen molar-refractivity contribution in [1.82, 2.24) is 19.7 Å². The topological polar surface area (TPSA) is 81.9 Å². The van der Waals surface area contributed by atoms with Gasteiger partial charge in [-0.3, -0.25) is 9.48 Å². The molecule has 4 rings (SSSR count). The van der Waals surface area contributed by atoms with Crippen LogP contribution in [-0.2, 0) is 13.2 Å². The van der Waals surface area contributed by atoms with Crippen molar-refractivity contribution in [2.75, 3.05) is 5.32 Å². The number of carbonyl (C=O) groups is 1. The Kier molecular flexibility index (Phi) is 6.20. The minimum absolute atomic E-state index is 0.125. The van der Waals surface area contributed by atoms with Crippen LogP contribution in [0, 0.1) is 5.82 Å². The van der Waals surface area contributed by atoms with Gasteiger partial charge in [0.2, 0.25) is 5.88 Å². The first kappa shape index (κ1) is 23.2. The molecule has 1 N–H and O–H groups in total. The van der Waals surface area contributed by atoms with Crippen molar-refractivity contribution in [3.63, 3.8) is 0 Å². The predicted octanol–water partition coefficient (Wildman–Crippen LogP) is 5.73. The maximum atomic E-state index is 14.3. The van der Waals surface area contributed by atoms with Gasteiger partial charge in [-0.25, -0.2) is 14.4 Å². The lowest BCUT2D eigenvalue weighted by Crippen LogP contribution is -2.15. The average Bonchev–Trinajstić information content (AvgIpc) is 3.22. The molecule has 0 fully saturated rings. The fourth-order valence-corrected chi connectivity index (χ4v) is 3.19. The van der Waals surface area contributed by atoms with Gasteiger partial charge in [0.05, 0.1) is 28.2 Å². The number of carbonyl (C=O) groups excluding carboxylic acids is 1. The second-order valence-corrected chi connectivity index (χ2v) is 7.44. The SMILES string of the molecule is Cn1cc(-c2cc(Oc3ccc(F)c(NC(=O)c4ccc(Cl)c(C(F)(F)F)c4)c3)ncn2)cn1. The molecule has 0 saturated carbocycles. The molecule has 0 atom stereocenters. The third-order valence-corrected chi connectivity index (χ3v) is 4.91. The molecule has 0 aliphatic heterocycles. The van der Waals surface area contributed by atoms with E-state index in [1.807, 2.05) is 0 Å². The number of hydrogen-bond donors (Lipinski definition) is 1. The summed E-state index contributed by atoms with van der Waals surface area (Å²) in [5.41, 5.74) is -0.556. The van der Waals surface area contributed by atoms with Gasteiger partial charge >= 0.3 is 6.18 Å². The van der Waals surface area contributed by atoms with Crippen molar-refractivity contribution in [3.8, 4) is 22.9 Å². The summed E-state index contributed by atoms with van der Waals surface area (Å²) in [6.45, 7) is 0. The Morgan fingerprint density at radius 3 is 2.62 bits per heavy atom. The molecular weight excluding hydrogens is 478 g/mol. The van der Waals surface area contributed by atoms with Crippen LogP contribution in [0.3, 0.4) is 0 Å². The van der Waals surface area contributed by atoms with Crippen LogP contribution in [0.15, 0.2) is 61.2 Å². The number of amides is 1. The molecule has 0 aliphatic carbocycles. The lowest BCUT2D eigenvalue weighted by Gasteiger charge is -2.12. The zero-order valence-corrected chi connectivity index (χ0v) is 18.0. The lowest BCUT2D eigenvalue weighted by atomic mass is 10.1. The molecular formula is C22H14ClF4N5O2. The number of nitrogens with zero attached hydrogens (tertiary/aromatic N) is 4. The van der Waals surface area contributed by atoms with Gasteiger partial charge < -0.3 is 10.1 Å². The van der Waals surface area contributed by atoms with E-state index >= 15 is 0 Å². The smallest absolute Gasteiger partial charge is 0.417 e. The number of alkyl halides is 3. The summed E-state index contributed by atoms with van der Waals surface area (Å²) in [6, 6.07) is 7.72. The fourth-order valence-electron chi connectivity index (χ4n) is 2.97. The van der Waals surface area contributed by atoms with E-state index in [9.17, 15) is 22.4 Å². The van der Waals surface area contributed by atoms with Crippen LogP contribution >= 0.6 is 11.6 Å². The lowest BCUT2D eigenvalue weighted by molar-refractivity contribution is -0.137. The van der Waals surface area contributed by atoms with Crippen LogP contribution in [0.5, 0.6) is 11.6 Å². The number of hydrogen-bond acceptors (Lipinski definition) is 5. The molecule has 0 spiro atoms. The molecule has 0 radical (unpaired) electrons. The van der Waals surface area contributed by atoms with E-state index in [0.29, 0.717) is 11.8 Å². The van der Waals surface area contributed by atoms with E-state index in [-0.39, 0.29) is 22.9 Å². The number of benzene rings is 2. The highest BCUT2D eigenvalue weighted by Crippen LogP contribution is 2.35. The summed E-state index contributed by atoms with van der Waals surface area (Å²) in [7, 11) is 1.75. The molecule has 2 aromatic carbocycles. The van der Waals surface area contributed by atoms with Crippen LogP contribution < -0.4 is 10.1 Å². The van der Waals surface area contributed by atoms with Crippen LogP contribution in [0.4, 0.5) is 23.2 Å². The third kappa shape index (κ3) is 5.15. The summed E-state index contributed by atoms with van der Waals surface area (Å²) < 4.78 is 60.8. The molecule has 0 aliphatic rings. The maximum absolute atomic E-state index is 14.3. The van der Waals surface area contributed by atoms with Crippen molar-refractivity contribution in [2.24, 2.45) is 7.05 Å². The molecule has 0 saturated heterocycles. The molecule has 2 heterocycles. The second kappa shape index (κ2) is 9.10. The van der Waals surface area contributed by atoms with Crippen molar-refractivity contribution in [1.29, 1.82) is 0 Å². The van der Waals surface area contributed by atoms with Crippen molar-refractivity contribution in [3.05, 3.63) is 83.2 Å². The number of aryl methyl sites for hydroxylation is 1. The Hall–Kier alpha value is -3.99. The fraction of sp³-hybridized carbons (Fsp3) is 0.0909. The van der Waals surface area contributed by atoms with Gasteiger partial charge in [0.1, 0.15) is 17.9 Å². The molecule has 34 heavy (non-hydrogen) atoms. The molecule has 0 bridgehead atoms. The summed E-state index contributed by atoms with van der Waals surface area (Å²) >= 11 is 5.58. The largest absolute Gasteiger partial charge is 0.439 e. The number of ether oxygens (including phenoxy) is 1. The van der Waals surface area contributed by atoms with E-state index < -0.39 is 28.5 Å². The second-order valence-electron chi connectivity index (χ2n) is 7.03. The Morgan fingerprint density at radius 2 is 1.91 bits per heavy atom. The van der Waals surface area contributed by atoms with Gasteiger partial charge in [-0.2, -0.15) is 18.3 Å². The quantitative estimate of drug-likeness (QED) is 0.360. The van der Waals surface area contributed by atoms with Crippen molar-refractivity contribution in [2.45, 2.75) is 6.18 Å². The predicted molar refractivity (Wildman–Crippen MR) is 115 cm³/mol. The average molecular weight is 492 g/mol. The maximum Gasteiger partial charge on any atom is 0.417 e.